The number of nitrogens with one attached hydrogen (secondary N) is 1. The fourth-order valence-electron chi connectivity index (χ4n) is 2.23. The van der Waals surface area contributed by atoms with E-state index in [9.17, 15) is 0 Å². The third-order valence-corrected chi connectivity index (χ3v) is 3.54. The SMILES string of the molecule is COc1cccc(CN2CCNC(C)C2)c1Cl. The van der Waals surface area contributed by atoms with E-state index in [1.54, 1.807) is 7.11 Å². The van der Waals surface area contributed by atoms with Crippen LogP contribution in [0.3, 0.4) is 0 Å². The van der Waals surface area contributed by atoms with E-state index in [4.69, 9.17) is 16.3 Å². The number of nitrogens with zero attached hydrogens (tertiary/aromatic N) is 1. The van der Waals surface area contributed by atoms with Gasteiger partial charge in [0.2, 0.25) is 0 Å². The molecule has 0 saturated carbocycles. The zero-order valence-electron chi connectivity index (χ0n) is 10.4. The quantitative estimate of drug-likeness (QED) is 0.895. The second-order valence-electron chi connectivity index (χ2n) is 4.52. The summed E-state index contributed by atoms with van der Waals surface area (Å²) in [6, 6.07) is 6.50. The first kappa shape index (κ1) is 12.7. The molecule has 1 aromatic rings. The highest BCUT2D eigenvalue weighted by atomic mass is 35.5. The topological polar surface area (TPSA) is 24.5 Å². The van der Waals surface area contributed by atoms with Gasteiger partial charge in [0.25, 0.3) is 0 Å². The minimum atomic E-state index is 0.549. The van der Waals surface area contributed by atoms with E-state index in [0.29, 0.717) is 6.04 Å². The molecule has 1 aromatic carbocycles. The summed E-state index contributed by atoms with van der Waals surface area (Å²) in [6.07, 6.45) is 0. The zero-order chi connectivity index (χ0) is 12.3. The van der Waals surface area contributed by atoms with E-state index in [1.807, 2.05) is 12.1 Å². The minimum absolute atomic E-state index is 0.549. The molecular weight excluding hydrogens is 236 g/mol. The van der Waals surface area contributed by atoms with Crippen LogP contribution in [0, 0.1) is 0 Å². The fourth-order valence-corrected chi connectivity index (χ4v) is 2.50. The van der Waals surface area contributed by atoms with Crippen molar-refractivity contribution in [3.8, 4) is 5.75 Å². The van der Waals surface area contributed by atoms with Crippen molar-refractivity contribution in [1.29, 1.82) is 0 Å². The van der Waals surface area contributed by atoms with Gasteiger partial charge in [-0.1, -0.05) is 23.7 Å². The predicted molar refractivity (Wildman–Crippen MR) is 70.7 cm³/mol. The average Bonchev–Trinajstić information content (AvgIpc) is 2.32. The molecule has 17 heavy (non-hydrogen) atoms. The lowest BCUT2D eigenvalue weighted by Gasteiger charge is -2.32. The van der Waals surface area contributed by atoms with E-state index < -0.39 is 0 Å². The summed E-state index contributed by atoms with van der Waals surface area (Å²) in [6.45, 7) is 6.27. The summed E-state index contributed by atoms with van der Waals surface area (Å²) < 4.78 is 5.23. The Morgan fingerprint density at radius 3 is 3.06 bits per heavy atom. The molecule has 1 atom stereocenters. The van der Waals surface area contributed by atoms with Gasteiger partial charge in [0, 0.05) is 32.2 Å². The first-order valence-electron chi connectivity index (χ1n) is 5.98. The summed E-state index contributed by atoms with van der Waals surface area (Å²) in [7, 11) is 1.65. The van der Waals surface area contributed by atoms with Gasteiger partial charge in [-0.3, -0.25) is 4.90 Å². The number of benzene rings is 1. The van der Waals surface area contributed by atoms with Crippen molar-refractivity contribution in [3.05, 3.63) is 28.8 Å². The molecule has 0 amide bonds. The summed E-state index contributed by atoms with van der Waals surface area (Å²) in [4.78, 5) is 2.42. The maximum Gasteiger partial charge on any atom is 0.137 e. The van der Waals surface area contributed by atoms with Gasteiger partial charge in [0.15, 0.2) is 0 Å². The number of hydrogen-bond acceptors (Lipinski definition) is 3. The van der Waals surface area contributed by atoms with Crippen molar-refractivity contribution in [2.75, 3.05) is 26.7 Å². The van der Waals surface area contributed by atoms with Gasteiger partial charge in [0.1, 0.15) is 5.75 Å². The molecule has 4 heteroatoms. The molecule has 0 aliphatic carbocycles. The number of ether oxygens (including phenoxy) is 1. The van der Waals surface area contributed by atoms with E-state index >= 15 is 0 Å². The van der Waals surface area contributed by atoms with Gasteiger partial charge in [-0.05, 0) is 18.6 Å². The van der Waals surface area contributed by atoms with Crippen LogP contribution in [-0.4, -0.2) is 37.7 Å². The number of hydrogen-bond donors (Lipinski definition) is 1. The molecule has 1 saturated heterocycles. The van der Waals surface area contributed by atoms with Crippen LogP contribution >= 0.6 is 11.6 Å². The normalized spacial score (nSPS) is 21.5. The Morgan fingerprint density at radius 2 is 2.35 bits per heavy atom. The molecule has 0 spiro atoms. The van der Waals surface area contributed by atoms with Gasteiger partial charge >= 0.3 is 0 Å². The Balaban J connectivity index is 2.07. The molecule has 1 aliphatic heterocycles. The van der Waals surface area contributed by atoms with Gasteiger partial charge in [-0.25, -0.2) is 0 Å². The van der Waals surface area contributed by atoms with Crippen LogP contribution in [0.25, 0.3) is 0 Å². The van der Waals surface area contributed by atoms with Gasteiger partial charge in [-0.2, -0.15) is 0 Å². The zero-order valence-corrected chi connectivity index (χ0v) is 11.1. The van der Waals surface area contributed by atoms with Gasteiger partial charge in [0.05, 0.1) is 12.1 Å². The molecule has 1 heterocycles. The standard InChI is InChI=1S/C13H19ClN2O/c1-10-8-16(7-6-15-10)9-11-4-3-5-12(17-2)13(11)14/h3-5,10,15H,6-9H2,1-2H3. The predicted octanol–water partition coefficient (Wildman–Crippen LogP) is 2.14. The summed E-state index contributed by atoms with van der Waals surface area (Å²) >= 11 is 6.30. The van der Waals surface area contributed by atoms with Crippen molar-refractivity contribution in [2.24, 2.45) is 0 Å². The van der Waals surface area contributed by atoms with Gasteiger partial charge < -0.3 is 10.1 Å². The van der Waals surface area contributed by atoms with Crippen LogP contribution in [-0.2, 0) is 6.54 Å². The molecule has 1 fully saturated rings. The lowest BCUT2D eigenvalue weighted by molar-refractivity contribution is 0.199. The average molecular weight is 255 g/mol. The molecule has 0 aromatic heterocycles. The van der Waals surface area contributed by atoms with Crippen LogP contribution in [0.15, 0.2) is 18.2 Å². The molecule has 0 radical (unpaired) electrons. The lowest BCUT2D eigenvalue weighted by atomic mass is 10.1. The fraction of sp³-hybridized carbons (Fsp3) is 0.538. The maximum atomic E-state index is 6.30. The Bertz CT molecular complexity index is 384. The molecule has 2 rings (SSSR count). The number of rotatable bonds is 3. The Morgan fingerprint density at radius 1 is 1.53 bits per heavy atom. The smallest absolute Gasteiger partial charge is 0.137 e. The van der Waals surface area contributed by atoms with E-state index in [2.05, 4.69) is 23.2 Å². The van der Waals surface area contributed by atoms with Crippen molar-refractivity contribution in [1.82, 2.24) is 10.2 Å². The maximum absolute atomic E-state index is 6.30. The van der Waals surface area contributed by atoms with Crippen molar-refractivity contribution >= 4 is 11.6 Å². The molecule has 1 aliphatic rings. The van der Waals surface area contributed by atoms with Gasteiger partial charge in [-0.15, -0.1) is 0 Å². The summed E-state index contributed by atoms with van der Waals surface area (Å²) in [5.74, 6) is 0.757. The Kier molecular flexibility index (Phi) is 4.26. The molecule has 94 valence electrons. The number of methoxy groups -OCH3 is 1. The molecule has 3 nitrogen and oxygen atoms in total. The Hall–Kier alpha value is -0.770. The van der Waals surface area contributed by atoms with Crippen molar-refractivity contribution in [2.45, 2.75) is 19.5 Å². The molecule has 1 unspecified atom stereocenters. The van der Waals surface area contributed by atoms with Crippen LogP contribution in [0.1, 0.15) is 12.5 Å². The number of halogens is 1. The van der Waals surface area contributed by atoms with E-state index in [-0.39, 0.29) is 0 Å². The third kappa shape index (κ3) is 3.12. The molecule has 1 N–H and O–H groups in total. The first-order valence-corrected chi connectivity index (χ1v) is 6.35. The number of piperazine rings is 1. The highest BCUT2D eigenvalue weighted by Crippen LogP contribution is 2.28. The highest BCUT2D eigenvalue weighted by molar-refractivity contribution is 6.32. The Labute approximate surface area is 108 Å². The first-order chi connectivity index (χ1) is 8.20. The van der Waals surface area contributed by atoms with Crippen LogP contribution in [0.2, 0.25) is 5.02 Å². The van der Waals surface area contributed by atoms with Crippen LogP contribution in [0.4, 0.5) is 0 Å². The third-order valence-electron chi connectivity index (χ3n) is 3.11. The molecule has 0 bridgehead atoms. The summed E-state index contributed by atoms with van der Waals surface area (Å²) in [5, 5.41) is 4.17. The van der Waals surface area contributed by atoms with E-state index in [0.717, 1.165) is 42.5 Å². The van der Waals surface area contributed by atoms with E-state index in [1.165, 1.54) is 0 Å². The van der Waals surface area contributed by atoms with Crippen LogP contribution in [0.5, 0.6) is 5.75 Å². The summed E-state index contributed by atoms with van der Waals surface area (Å²) in [5.41, 5.74) is 1.14. The van der Waals surface area contributed by atoms with Crippen molar-refractivity contribution < 1.29 is 4.74 Å². The second-order valence-corrected chi connectivity index (χ2v) is 4.90. The van der Waals surface area contributed by atoms with Crippen molar-refractivity contribution in [3.63, 3.8) is 0 Å². The second kappa shape index (κ2) is 5.71. The largest absolute Gasteiger partial charge is 0.495 e. The lowest BCUT2D eigenvalue weighted by Crippen LogP contribution is -2.48. The van der Waals surface area contributed by atoms with Crippen LogP contribution < -0.4 is 10.1 Å². The highest BCUT2D eigenvalue weighted by Gasteiger charge is 2.17. The minimum Gasteiger partial charge on any atom is -0.495 e. The molecular formula is C13H19ClN2O. The monoisotopic (exact) mass is 254 g/mol.